The Labute approximate surface area is 244 Å². The Balaban J connectivity index is 1.61. The molecule has 2 aliphatic rings. The molecule has 2 heterocycles. The fraction of sp³-hybridized carbons (Fsp3) is 0.625. The molecule has 8 heteroatoms. The van der Waals surface area contributed by atoms with Gasteiger partial charge in [0.2, 0.25) is 0 Å². The van der Waals surface area contributed by atoms with Crippen LogP contribution in [-0.2, 0) is 47.2 Å². The number of benzene rings is 2. The van der Waals surface area contributed by atoms with Crippen molar-refractivity contribution in [1.29, 1.82) is 0 Å². The molecule has 0 bridgehead atoms. The average Bonchev–Trinajstić information content (AvgIpc) is 2.88. The van der Waals surface area contributed by atoms with Crippen molar-refractivity contribution in [2.24, 2.45) is 0 Å². The standard InChI is InChI=1S/C32H48O6P2/c1-30(2,3)25-20-23(14-15-28(25)37-39-33-16-10-17-34-39)12-13-24-21-26(31(4,5)6)29(27(22-24)32(7,8)9)38-40-35-18-11-19-36-40/h14-15,20-22H,10-13,16-19H2,1-9H3. The fourth-order valence-electron chi connectivity index (χ4n) is 4.74. The van der Waals surface area contributed by atoms with Crippen LogP contribution in [0.2, 0.25) is 0 Å². The molecular formula is C32H48O6P2. The lowest BCUT2D eigenvalue weighted by Crippen LogP contribution is -2.21. The smallest absolute Gasteiger partial charge is 0.397 e. The normalized spacial score (nSPS) is 18.1. The third-order valence-electron chi connectivity index (χ3n) is 7.02. The van der Waals surface area contributed by atoms with Gasteiger partial charge >= 0.3 is 17.2 Å². The highest BCUT2D eigenvalue weighted by atomic mass is 31.2. The summed E-state index contributed by atoms with van der Waals surface area (Å²) in [7, 11) is -2.71. The molecule has 222 valence electrons. The van der Waals surface area contributed by atoms with Gasteiger partial charge in [-0.3, -0.25) is 0 Å². The van der Waals surface area contributed by atoms with Gasteiger partial charge in [0, 0.05) is 16.7 Å². The highest BCUT2D eigenvalue weighted by Gasteiger charge is 2.31. The molecule has 0 atom stereocenters. The maximum absolute atomic E-state index is 6.50. The molecule has 2 aromatic carbocycles. The minimum absolute atomic E-state index is 0.0701. The lowest BCUT2D eigenvalue weighted by atomic mass is 9.78. The van der Waals surface area contributed by atoms with Gasteiger partial charge in [-0.05, 0) is 59.1 Å². The highest BCUT2D eigenvalue weighted by molar-refractivity contribution is 7.42. The molecule has 0 N–H and O–H groups in total. The molecule has 2 aromatic rings. The Bertz CT molecular complexity index is 1100. The highest BCUT2D eigenvalue weighted by Crippen LogP contribution is 2.50. The first-order valence-electron chi connectivity index (χ1n) is 14.5. The van der Waals surface area contributed by atoms with Crippen molar-refractivity contribution in [3.05, 3.63) is 58.1 Å². The van der Waals surface area contributed by atoms with E-state index in [0.717, 1.165) is 37.2 Å². The summed E-state index contributed by atoms with van der Waals surface area (Å²) in [6.45, 7) is 22.9. The van der Waals surface area contributed by atoms with E-state index in [9.17, 15) is 0 Å². The summed E-state index contributed by atoms with van der Waals surface area (Å²) in [6, 6.07) is 11.2. The second kappa shape index (κ2) is 12.9. The predicted molar refractivity (Wildman–Crippen MR) is 165 cm³/mol. The second-order valence-electron chi connectivity index (χ2n) is 13.8. The SMILES string of the molecule is CC(C)(C)c1cc(CCc2cc(C(C)(C)C)c(OP3OCCCO3)c(C(C)(C)C)c2)ccc1OP1OCCCO1. The van der Waals surface area contributed by atoms with Crippen molar-refractivity contribution in [3.8, 4) is 11.5 Å². The van der Waals surface area contributed by atoms with Crippen LogP contribution >= 0.6 is 17.2 Å². The lowest BCUT2D eigenvalue weighted by molar-refractivity contribution is 0.146. The van der Waals surface area contributed by atoms with Crippen LogP contribution in [0.25, 0.3) is 0 Å². The van der Waals surface area contributed by atoms with Crippen molar-refractivity contribution < 1.29 is 27.1 Å². The zero-order valence-corrected chi connectivity index (χ0v) is 27.7. The van der Waals surface area contributed by atoms with Crippen LogP contribution in [0.3, 0.4) is 0 Å². The van der Waals surface area contributed by atoms with E-state index in [1.54, 1.807) is 0 Å². The minimum Gasteiger partial charge on any atom is -0.426 e. The van der Waals surface area contributed by atoms with Crippen LogP contribution in [0.5, 0.6) is 11.5 Å². The monoisotopic (exact) mass is 590 g/mol. The molecule has 2 saturated heterocycles. The van der Waals surface area contributed by atoms with Crippen LogP contribution in [-0.4, -0.2) is 26.4 Å². The van der Waals surface area contributed by atoms with Gasteiger partial charge in [0.25, 0.3) is 0 Å². The Morgan fingerprint density at radius 1 is 0.575 bits per heavy atom. The maximum atomic E-state index is 6.50. The average molecular weight is 591 g/mol. The second-order valence-corrected chi connectivity index (χ2v) is 16.1. The van der Waals surface area contributed by atoms with Crippen molar-refractivity contribution in [1.82, 2.24) is 0 Å². The van der Waals surface area contributed by atoms with Gasteiger partial charge in [-0.25, -0.2) is 0 Å². The Kier molecular flexibility index (Phi) is 10.2. The Morgan fingerprint density at radius 2 is 1.00 bits per heavy atom. The molecule has 0 unspecified atom stereocenters. The van der Waals surface area contributed by atoms with Gasteiger partial charge in [0.1, 0.15) is 11.5 Å². The maximum Gasteiger partial charge on any atom is 0.397 e. The summed E-state index contributed by atoms with van der Waals surface area (Å²) in [4.78, 5) is 0. The van der Waals surface area contributed by atoms with E-state index >= 15 is 0 Å². The third kappa shape index (κ3) is 8.40. The number of hydrogen-bond donors (Lipinski definition) is 0. The molecule has 0 saturated carbocycles. The summed E-state index contributed by atoms with van der Waals surface area (Å²) < 4.78 is 35.8. The van der Waals surface area contributed by atoms with Crippen LogP contribution in [0.15, 0.2) is 30.3 Å². The van der Waals surface area contributed by atoms with Crippen molar-refractivity contribution in [2.75, 3.05) is 26.4 Å². The molecule has 6 nitrogen and oxygen atoms in total. The largest absolute Gasteiger partial charge is 0.426 e. The molecule has 0 aliphatic carbocycles. The summed E-state index contributed by atoms with van der Waals surface area (Å²) in [5.74, 6) is 1.77. The van der Waals surface area contributed by atoms with E-state index in [1.165, 1.54) is 27.8 Å². The van der Waals surface area contributed by atoms with Gasteiger partial charge < -0.3 is 27.1 Å². The summed E-state index contributed by atoms with van der Waals surface area (Å²) in [5.41, 5.74) is 5.91. The zero-order chi connectivity index (χ0) is 29.1. The van der Waals surface area contributed by atoms with E-state index in [1.807, 2.05) is 0 Å². The van der Waals surface area contributed by atoms with Gasteiger partial charge in [0.05, 0.1) is 26.4 Å². The summed E-state index contributed by atoms with van der Waals surface area (Å²) in [5, 5.41) is 0. The van der Waals surface area contributed by atoms with Crippen molar-refractivity contribution >= 4 is 17.2 Å². The Hall–Kier alpha value is -1.26. The number of hydrogen-bond acceptors (Lipinski definition) is 6. The van der Waals surface area contributed by atoms with Gasteiger partial charge in [0.15, 0.2) is 0 Å². The first-order chi connectivity index (χ1) is 18.7. The van der Waals surface area contributed by atoms with E-state index in [0.29, 0.717) is 26.4 Å². The summed E-state index contributed by atoms with van der Waals surface area (Å²) >= 11 is 0. The third-order valence-corrected chi connectivity index (χ3v) is 9.27. The zero-order valence-electron chi connectivity index (χ0n) is 25.9. The molecule has 40 heavy (non-hydrogen) atoms. The van der Waals surface area contributed by atoms with Gasteiger partial charge in [-0.2, -0.15) is 0 Å². The lowest BCUT2D eigenvalue weighted by Gasteiger charge is -2.32. The number of aryl methyl sites for hydroxylation is 2. The van der Waals surface area contributed by atoms with Crippen molar-refractivity contribution in [3.63, 3.8) is 0 Å². The van der Waals surface area contributed by atoms with Crippen LogP contribution < -0.4 is 9.05 Å². The van der Waals surface area contributed by atoms with E-state index < -0.39 is 17.2 Å². The van der Waals surface area contributed by atoms with Crippen LogP contribution in [0, 0.1) is 0 Å². The van der Waals surface area contributed by atoms with E-state index in [4.69, 9.17) is 27.1 Å². The number of rotatable bonds is 7. The topological polar surface area (TPSA) is 55.4 Å². The van der Waals surface area contributed by atoms with E-state index in [2.05, 4.69) is 92.6 Å². The molecule has 0 amide bonds. The first-order valence-corrected chi connectivity index (χ1v) is 16.7. The minimum atomic E-state index is -1.38. The Morgan fingerprint density at radius 3 is 1.48 bits per heavy atom. The van der Waals surface area contributed by atoms with Crippen LogP contribution in [0.4, 0.5) is 0 Å². The van der Waals surface area contributed by atoms with Gasteiger partial charge in [-0.15, -0.1) is 0 Å². The predicted octanol–water partition coefficient (Wildman–Crippen LogP) is 9.45. The molecule has 0 spiro atoms. The van der Waals surface area contributed by atoms with E-state index in [-0.39, 0.29) is 16.2 Å². The van der Waals surface area contributed by atoms with Crippen molar-refractivity contribution in [2.45, 2.75) is 104 Å². The van der Waals surface area contributed by atoms with Gasteiger partial charge in [-0.1, -0.05) is 86.6 Å². The molecule has 2 aliphatic heterocycles. The van der Waals surface area contributed by atoms with Crippen LogP contribution in [0.1, 0.15) is 103 Å². The molecular weight excluding hydrogens is 542 g/mol. The molecule has 0 radical (unpaired) electrons. The fourth-order valence-corrected chi connectivity index (χ4v) is 6.88. The molecule has 2 fully saturated rings. The molecule has 4 rings (SSSR count). The molecule has 0 aromatic heterocycles. The summed E-state index contributed by atoms with van der Waals surface area (Å²) in [6.07, 6.45) is 3.68. The first kappa shape index (κ1) is 31.7. The quantitative estimate of drug-likeness (QED) is 0.300.